The van der Waals surface area contributed by atoms with E-state index < -0.39 is 39.4 Å². The molecule has 2 aromatic rings. The van der Waals surface area contributed by atoms with Crippen LogP contribution in [0.2, 0.25) is 0 Å². The average Bonchev–Trinajstić information content (AvgIpc) is 3.05. The molecule has 1 saturated carbocycles. The van der Waals surface area contributed by atoms with Crippen molar-refractivity contribution in [3.8, 4) is 0 Å². The van der Waals surface area contributed by atoms with Crippen molar-refractivity contribution < 1.29 is 22.3 Å². The van der Waals surface area contributed by atoms with Crippen LogP contribution in [-0.4, -0.2) is 57.1 Å². The summed E-state index contributed by atoms with van der Waals surface area (Å²) in [4.78, 5) is 21.6. The van der Waals surface area contributed by atoms with E-state index in [-0.39, 0.29) is 36.1 Å². The van der Waals surface area contributed by atoms with E-state index in [1.165, 1.54) is 15.1 Å². The number of nitrogens with zero attached hydrogens (tertiary/aromatic N) is 4. The monoisotopic (exact) mass is 472 g/mol. The highest BCUT2D eigenvalue weighted by Gasteiger charge is 2.40. The number of alkyl halides is 2. The van der Waals surface area contributed by atoms with Gasteiger partial charge in [0.2, 0.25) is 5.95 Å². The number of rotatable bonds is 5. The number of nitrogens with one attached hydrogen (secondary N) is 1. The molecule has 13 heteroatoms. The molecular weight excluding hydrogens is 446 g/mol. The average molecular weight is 473 g/mol. The molecule has 0 radical (unpaired) electrons. The molecule has 2 fully saturated rings. The lowest BCUT2D eigenvalue weighted by Crippen LogP contribution is -2.45. The summed E-state index contributed by atoms with van der Waals surface area (Å²) < 4.78 is 52.4. The summed E-state index contributed by atoms with van der Waals surface area (Å²) in [7, 11) is -3.74. The minimum atomic E-state index is -3.74. The third kappa shape index (κ3) is 4.34. The van der Waals surface area contributed by atoms with Gasteiger partial charge in [-0.15, -0.1) is 0 Å². The van der Waals surface area contributed by atoms with Crippen LogP contribution in [0, 0.1) is 0 Å². The summed E-state index contributed by atoms with van der Waals surface area (Å²) in [6.07, 6.45) is 0.931. The quantitative estimate of drug-likeness (QED) is 0.595. The van der Waals surface area contributed by atoms with E-state index >= 15 is 0 Å². The Bertz CT molecular complexity index is 1180. The van der Waals surface area contributed by atoms with Crippen LogP contribution in [0.25, 0.3) is 11.0 Å². The zero-order valence-corrected chi connectivity index (χ0v) is 18.4. The van der Waals surface area contributed by atoms with E-state index in [0.29, 0.717) is 32.1 Å². The van der Waals surface area contributed by atoms with E-state index in [2.05, 4.69) is 15.3 Å². The van der Waals surface area contributed by atoms with Gasteiger partial charge in [0.25, 0.3) is 22.2 Å². The Kier molecular flexibility index (Phi) is 5.94. The van der Waals surface area contributed by atoms with Gasteiger partial charge in [-0.25, -0.2) is 18.9 Å². The first kappa shape index (κ1) is 23.0. The fraction of sp³-hybridized carbons (Fsp3) is 0.632. The Morgan fingerprint density at radius 3 is 2.56 bits per heavy atom. The first-order valence-corrected chi connectivity index (χ1v) is 11.9. The fourth-order valence-electron chi connectivity index (χ4n) is 4.63. The zero-order chi connectivity index (χ0) is 23.3. The largest absolute Gasteiger partial charge is 0.388 e. The van der Waals surface area contributed by atoms with Gasteiger partial charge in [-0.3, -0.25) is 9.36 Å². The maximum Gasteiger partial charge on any atom is 0.276 e. The Morgan fingerprint density at radius 2 is 2.00 bits per heavy atom. The zero-order valence-electron chi connectivity index (χ0n) is 17.5. The van der Waals surface area contributed by atoms with Gasteiger partial charge in [-0.1, -0.05) is 0 Å². The Balaban J connectivity index is 1.70. The predicted molar refractivity (Wildman–Crippen MR) is 114 cm³/mol. The number of halogens is 2. The molecule has 0 spiro atoms. The van der Waals surface area contributed by atoms with E-state index in [9.17, 15) is 27.1 Å². The summed E-state index contributed by atoms with van der Waals surface area (Å²) >= 11 is 0. The van der Waals surface area contributed by atoms with Crippen molar-refractivity contribution in [1.29, 1.82) is 0 Å². The van der Waals surface area contributed by atoms with E-state index in [1.807, 2.05) is 0 Å². The second-order valence-corrected chi connectivity index (χ2v) is 10.2. The predicted octanol–water partition coefficient (Wildman–Crippen LogP) is 1.28. The highest BCUT2D eigenvalue weighted by Crippen LogP contribution is 2.39. The standard InChI is InChI=1S/C19H26F2N6O4S/c1-19(29)6-2-3-14(19)27-16-11(9-13(15(20)21)17(27)28)10-23-18(25-16)24-12-4-7-26(8-5-12)32(22,30)31/h9-10,12,14-15,29H,2-8H2,1H3,(H2,22,30,31)(H,23,24,25)/t14-,19-/m1/s1. The van der Waals surface area contributed by atoms with Gasteiger partial charge in [-0.05, 0) is 45.1 Å². The molecule has 32 heavy (non-hydrogen) atoms. The lowest BCUT2D eigenvalue weighted by molar-refractivity contribution is 0.0261. The molecule has 0 bridgehead atoms. The van der Waals surface area contributed by atoms with Crippen molar-refractivity contribution in [1.82, 2.24) is 18.8 Å². The van der Waals surface area contributed by atoms with Crippen molar-refractivity contribution in [3.05, 3.63) is 28.2 Å². The van der Waals surface area contributed by atoms with Crippen LogP contribution in [0.15, 0.2) is 17.1 Å². The van der Waals surface area contributed by atoms with Gasteiger partial charge in [0.1, 0.15) is 5.65 Å². The van der Waals surface area contributed by atoms with Crippen LogP contribution >= 0.6 is 0 Å². The van der Waals surface area contributed by atoms with Crippen LogP contribution in [0.3, 0.4) is 0 Å². The number of pyridine rings is 1. The van der Waals surface area contributed by atoms with Crippen LogP contribution in [0.1, 0.15) is 57.1 Å². The van der Waals surface area contributed by atoms with Gasteiger partial charge in [0.15, 0.2) is 0 Å². The summed E-state index contributed by atoms with van der Waals surface area (Å²) in [5.74, 6) is 0.196. The molecule has 0 amide bonds. The molecule has 0 aromatic carbocycles. The molecule has 2 aromatic heterocycles. The van der Waals surface area contributed by atoms with Gasteiger partial charge in [0, 0.05) is 30.7 Å². The topological polar surface area (TPSA) is 143 Å². The molecule has 2 aliphatic rings. The van der Waals surface area contributed by atoms with Crippen molar-refractivity contribution >= 4 is 27.2 Å². The van der Waals surface area contributed by atoms with Crippen LogP contribution in [0.5, 0.6) is 0 Å². The SMILES string of the molecule is C[C@@]1(O)CCC[C@H]1n1c(=O)c(C(F)F)cc2cnc(NC3CCN(S(N)(=O)=O)CC3)nc21. The van der Waals surface area contributed by atoms with Crippen LogP contribution < -0.4 is 16.0 Å². The van der Waals surface area contributed by atoms with Crippen molar-refractivity contribution in [2.75, 3.05) is 18.4 Å². The van der Waals surface area contributed by atoms with Crippen LogP contribution in [0.4, 0.5) is 14.7 Å². The lowest BCUT2D eigenvalue weighted by Gasteiger charge is -2.30. The highest BCUT2D eigenvalue weighted by molar-refractivity contribution is 7.86. The Hall–Kier alpha value is -2.22. The van der Waals surface area contributed by atoms with Gasteiger partial charge in [0.05, 0.1) is 17.2 Å². The number of aliphatic hydroxyl groups is 1. The van der Waals surface area contributed by atoms with Gasteiger partial charge >= 0.3 is 0 Å². The molecule has 2 atom stereocenters. The number of hydrogen-bond acceptors (Lipinski definition) is 7. The Morgan fingerprint density at radius 1 is 1.31 bits per heavy atom. The lowest BCUT2D eigenvalue weighted by atomic mass is 9.99. The number of aromatic nitrogens is 3. The van der Waals surface area contributed by atoms with Crippen LogP contribution in [-0.2, 0) is 10.2 Å². The van der Waals surface area contributed by atoms with Gasteiger partial charge in [-0.2, -0.15) is 17.7 Å². The van der Waals surface area contributed by atoms with Gasteiger partial charge < -0.3 is 10.4 Å². The summed E-state index contributed by atoms with van der Waals surface area (Å²) in [6, 6.07) is 0.286. The van der Waals surface area contributed by atoms with Crippen molar-refractivity contribution in [3.63, 3.8) is 0 Å². The molecule has 10 nitrogen and oxygen atoms in total. The smallest absolute Gasteiger partial charge is 0.276 e. The number of hydrogen-bond donors (Lipinski definition) is 3. The minimum Gasteiger partial charge on any atom is -0.388 e. The molecule has 4 N–H and O–H groups in total. The molecule has 4 rings (SSSR count). The second kappa shape index (κ2) is 8.28. The van der Waals surface area contributed by atoms with Crippen molar-refractivity contribution in [2.24, 2.45) is 5.14 Å². The number of fused-ring (bicyclic) bond motifs is 1. The summed E-state index contributed by atoms with van der Waals surface area (Å²) in [5, 5.41) is 19.3. The molecule has 176 valence electrons. The first-order chi connectivity index (χ1) is 15.0. The molecule has 3 heterocycles. The molecule has 1 saturated heterocycles. The summed E-state index contributed by atoms with van der Waals surface area (Å²) in [5.41, 5.74) is -2.58. The third-order valence-corrected chi connectivity index (χ3v) is 7.46. The summed E-state index contributed by atoms with van der Waals surface area (Å²) in [6.45, 7) is 2.09. The second-order valence-electron chi connectivity index (χ2n) is 8.68. The maximum atomic E-state index is 13.5. The highest BCUT2D eigenvalue weighted by atomic mass is 32.2. The Labute approximate surface area is 183 Å². The fourth-order valence-corrected chi connectivity index (χ4v) is 5.35. The normalized spacial score (nSPS) is 25.6. The molecule has 1 aliphatic heterocycles. The molecular formula is C19H26F2N6O4S. The number of anilines is 1. The van der Waals surface area contributed by atoms with Crippen molar-refractivity contribution in [2.45, 2.75) is 63.1 Å². The molecule has 1 aliphatic carbocycles. The number of piperidine rings is 1. The minimum absolute atomic E-state index is 0.124. The molecule has 0 unspecified atom stereocenters. The number of nitrogens with two attached hydrogens (primary N) is 1. The van der Waals surface area contributed by atoms with E-state index in [0.717, 1.165) is 6.07 Å². The maximum absolute atomic E-state index is 13.5. The first-order valence-electron chi connectivity index (χ1n) is 10.4. The van der Waals surface area contributed by atoms with E-state index in [4.69, 9.17) is 5.14 Å². The third-order valence-electron chi connectivity index (χ3n) is 6.37. The van der Waals surface area contributed by atoms with E-state index in [1.54, 1.807) is 6.92 Å².